The lowest BCUT2D eigenvalue weighted by atomic mass is 9.98. The summed E-state index contributed by atoms with van der Waals surface area (Å²) < 4.78 is 0. The van der Waals surface area contributed by atoms with Gasteiger partial charge >= 0.3 is 0 Å². The van der Waals surface area contributed by atoms with Gasteiger partial charge in [-0.2, -0.15) is 0 Å². The largest absolute Gasteiger partial charge is 0.320 e. The van der Waals surface area contributed by atoms with Crippen molar-refractivity contribution < 1.29 is 14.5 Å². The number of anilines is 1. The quantitative estimate of drug-likeness (QED) is 0.666. The fourth-order valence-electron chi connectivity index (χ4n) is 4.45. The first kappa shape index (κ1) is 19.1. The number of hydrogen-bond acceptors (Lipinski definition) is 3. The molecule has 1 saturated heterocycles. The van der Waals surface area contributed by atoms with Gasteiger partial charge in [-0.05, 0) is 29.8 Å². The topological polar surface area (TPSA) is 41.8 Å². The van der Waals surface area contributed by atoms with Crippen LogP contribution in [0.1, 0.15) is 17.5 Å². The first-order valence-corrected chi connectivity index (χ1v) is 11.1. The summed E-state index contributed by atoms with van der Waals surface area (Å²) in [5.74, 6) is -0.173. The summed E-state index contributed by atoms with van der Waals surface area (Å²) in [6.45, 7) is 1.68. The summed E-state index contributed by atoms with van der Waals surface area (Å²) in [5, 5.41) is 0. The zero-order valence-corrected chi connectivity index (χ0v) is 17.4. The molecule has 0 radical (unpaired) electrons. The zero-order valence-electron chi connectivity index (χ0n) is 16.6. The van der Waals surface area contributed by atoms with E-state index in [1.54, 1.807) is 11.8 Å². The van der Waals surface area contributed by atoms with Gasteiger partial charge in [-0.3, -0.25) is 9.59 Å². The van der Waals surface area contributed by atoms with Crippen LogP contribution in [0, 0.1) is 0 Å². The van der Waals surface area contributed by atoms with Gasteiger partial charge in [-0.25, -0.2) is 4.90 Å². The Morgan fingerprint density at radius 3 is 2.37 bits per heavy atom. The maximum absolute atomic E-state index is 13.4. The number of benzene rings is 3. The van der Waals surface area contributed by atoms with E-state index in [2.05, 4.69) is 18.2 Å². The minimum absolute atomic E-state index is 0.0736. The Bertz CT molecular complexity index is 1100. The number of hydrogen-bond donors (Lipinski definition) is 1. The number of fused-ring (bicyclic) bond motifs is 1. The molecule has 2 aliphatic heterocycles. The van der Waals surface area contributed by atoms with Crippen LogP contribution < -0.4 is 9.80 Å². The molecule has 2 amide bonds. The second-order valence-electron chi connectivity index (χ2n) is 7.81. The van der Waals surface area contributed by atoms with Crippen LogP contribution in [0.15, 0.2) is 88.7 Å². The van der Waals surface area contributed by atoms with Crippen molar-refractivity contribution >= 4 is 29.3 Å². The SMILES string of the molecule is O=C1C[C@@H]([NH+]2CCc3ccccc3C2)C(=O)N1c1ccccc1Sc1ccccc1. The molecule has 1 unspecified atom stereocenters. The van der Waals surface area contributed by atoms with Gasteiger partial charge in [-0.1, -0.05) is 66.4 Å². The van der Waals surface area contributed by atoms with Crippen LogP contribution in [0.2, 0.25) is 0 Å². The van der Waals surface area contributed by atoms with E-state index in [4.69, 9.17) is 0 Å². The van der Waals surface area contributed by atoms with E-state index >= 15 is 0 Å². The predicted octanol–water partition coefficient (Wildman–Crippen LogP) is 3.11. The van der Waals surface area contributed by atoms with Crippen LogP contribution in [0.25, 0.3) is 0 Å². The van der Waals surface area contributed by atoms with Crippen molar-refractivity contribution in [3.05, 3.63) is 90.0 Å². The molecule has 2 aliphatic rings. The Labute approximate surface area is 180 Å². The number of carbonyl (C=O) groups is 2. The highest BCUT2D eigenvalue weighted by molar-refractivity contribution is 7.99. The lowest BCUT2D eigenvalue weighted by molar-refractivity contribution is -0.930. The summed E-state index contributed by atoms with van der Waals surface area (Å²) in [6, 6.07) is 25.8. The van der Waals surface area contributed by atoms with Crippen LogP contribution in [0.3, 0.4) is 0 Å². The van der Waals surface area contributed by atoms with E-state index in [1.165, 1.54) is 20.9 Å². The van der Waals surface area contributed by atoms with Gasteiger partial charge in [0.1, 0.15) is 6.54 Å². The smallest absolute Gasteiger partial charge is 0.292 e. The first-order valence-electron chi connectivity index (χ1n) is 10.3. The van der Waals surface area contributed by atoms with E-state index in [-0.39, 0.29) is 24.3 Å². The second-order valence-corrected chi connectivity index (χ2v) is 8.93. The van der Waals surface area contributed by atoms with Gasteiger partial charge in [0.15, 0.2) is 6.04 Å². The highest BCUT2D eigenvalue weighted by Gasteiger charge is 2.46. The molecule has 0 spiro atoms. The van der Waals surface area contributed by atoms with Crippen molar-refractivity contribution in [3.8, 4) is 0 Å². The Balaban J connectivity index is 1.41. The number of carbonyl (C=O) groups excluding carboxylic acids is 2. The average molecular weight is 416 g/mol. The van der Waals surface area contributed by atoms with E-state index in [0.717, 1.165) is 29.3 Å². The van der Waals surface area contributed by atoms with Crippen molar-refractivity contribution in [2.45, 2.75) is 35.2 Å². The van der Waals surface area contributed by atoms with Gasteiger partial charge in [-0.15, -0.1) is 0 Å². The highest BCUT2D eigenvalue weighted by Crippen LogP contribution is 2.37. The molecule has 1 N–H and O–H groups in total. The maximum atomic E-state index is 13.4. The molecule has 0 saturated carbocycles. The van der Waals surface area contributed by atoms with Crippen molar-refractivity contribution in [2.24, 2.45) is 0 Å². The molecule has 30 heavy (non-hydrogen) atoms. The minimum atomic E-state index is -0.305. The number of para-hydroxylation sites is 1. The van der Waals surface area contributed by atoms with Crippen molar-refractivity contribution in [1.29, 1.82) is 0 Å². The molecule has 0 bridgehead atoms. The third-order valence-electron chi connectivity index (χ3n) is 5.97. The Hall–Kier alpha value is -2.89. The van der Waals surface area contributed by atoms with Gasteiger partial charge in [0.05, 0.1) is 18.7 Å². The van der Waals surface area contributed by atoms with Gasteiger partial charge in [0, 0.05) is 21.8 Å². The number of amides is 2. The van der Waals surface area contributed by atoms with Crippen LogP contribution >= 0.6 is 11.8 Å². The molecule has 4 nitrogen and oxygen atoms in total. The molecule has 3 aromatic rings. The van der Waals surface area contributed by atoms with Gasteiger partial charge in [0.2, 0.25) is 5.91 Å². The molecule has 5 rings (SSSR count). The normalized spacial score (nSPS) is 21.0. The first-order chi connectivity index (χ1) is 14.7. The average Bonchev–Trinajstić information content (AvgIpc) is 3.08. The Morgan fingerprint density at radius 1 is 0.833 bits per heavy atom. The third-order valence-corrected chi connectivity index (χ3v) is 7.04. The summed E-state index contributed by atoms with van der Waals surface area (Å²) >= 11 is 1.58. The van der Waals surface area contributed by atoms with Crippen molar-refractivity contribution in [3.63, 3.8) is 0 Å². The van der Waals surface area contributed by atoms with E-state index < -0.39 is 0 Å². The summed E-state index contributed by atoms with van der Waals surface area (Å²) in [5.41, 5.74) is 3.35. The zero-order chi connectivity index (χ0) is 20.5. The van der Waals surface area contributed by atoms with E-state index in [9.17, 15) is 9.59 Å². The number of nitrogens with zero attached hydrogens (tertiary/aromatic N) is 1. The molecular weight excluding hydrogens is 392 g/mol. The summed E-state index contributed by atoms with van der Waals surface area (Å²) in [7, 11) is 0. The summed E-state index contributed by atoms with van der Waals surface area (Å²) in [4.78, 5) is 31.0. The molecule has 5 heteroatoms. The number of nitrogens with one attached hydrogen (secondary N) is 1. The molecular formula is C25H23N2O2S+. The maximum Gasteiger partial charge on any atom is 0.292 e. The molecule has 1 fully saturated rings. The molecule has 0 aliphatic carbocycles. The number of imide groups is 1. The molecule has 0 aromatic heterocycles. The van der Waals surface area contributed by atoms with Crippen LogP contribution in [0.5, 0.6) is 0 Å². The van der Waals surface area contributed by atoms with Gasteiger partial charge in [0.25, 0.3) is 5.91 Å². The lowest BCUT2D eigenvalue weighted by Crippen LogP contribution is -3.16. The van der Waals surface area contributed by atoms with E-state index in [0.29, 0.717) is 5.69 Å². The molecule has 2 heterocycles. The third kappa shape index (κ3) is 3.55. The second kappa shape index (κ2) is 8.09. The molecule has 3 aromatic carbocycles. The fraction of sp³-hybridized carbons (Fsp3) is 0.200. The highest BCUT2D eigenvalue weighted by atomic mass is 32.2. The number of quaternary nitrogens is 1. The molecule has 2 atom stereocenters. The van der Waals surface area contributed by atoms with Crippen LogP contribution in [0.4, 0.5) is 5.69 Å². The lowest BCUT2D eigenvalue weighted by Gasteiger charge is -2.29. The van der Waals surface area contributed by atoms with Crippen molar-refractivity contribution in [1.82, 2.24) is 0 Å². The minimum Gasteiger partial charge on any atom is -0.320 e. The Morgan fingerprint density at radius 2 is 1.53 bits per heavy atom. The van der Waals surface area contributed by atoms with Crippen LogP contribution in [-0.4, -0.2) is 24.4 Å². The predicted molar refractivity (Wildman–Crippen MR) is 118 cm³/mol. The van der Waals surface area contributed by atoms with Crippen molar-refractivity contribution in [2.75, 3.05) is 11.4 Å². The molecule has 150 valence electrons. The Kier molecular flexibility index (Phi) is 5.15. The standard InChI is InChI=1S/C25H22N2O2S/c28-24-16-22(26-15-14-18-8-4-5-9-19(18)17-26)25(29)27(24)21-12-6-7-13-23(21)30-20-10-2-1-3-11-20/h1-13,22H,14-17H2/p+1/t22-/m1/s1. The number of rotatable bonds is 4. The summed E-state index contributed by atoms with van der Waals surface area (Å²) in [6.07, 6.45) is 1.23. The van der Waals surface area contributed by atoms with Crippen LogP contribution in [-0.2, 0) is 22.6 Å². The monoisotopic (exact) mass is 415 g/mol. The van der Waals surface area contributed by atoms with E-state index in [1.807, 2.05) is 60.7 Å². The van der Waals surface area contributed by atoms with Gasteiger partial charge < -0.3 is 4.90 Å². The fourth-order valence-corrected chi connectivity index (χ4v) is 5.40.